The summed E-state index contributed by atoms with van der Waals surface area (Å²) in [5, 5.41) is 6.08. The molecule has 7 heteroatoms. The highest BCUT2D eigenvalue weighted by molar-refractivity contribution is 8.15. The summed E-state index contributed by atoms with van der Waals surface area (Å²) < 4.78 is 0. The highest BCUT2D eigenvalue weighted by Crippen LogP contribution is 2.25. The average Bonchev–Trinajstić information content (AvgIpc) is 2.81. The van der Waals surface area contributed by atoms with Gasteiger partial charge in [0.25, 0.3) is 0 Å². The van der Waals surface area contributed by atoms with Crippen molar-refractivity contribution in [2.45, 2.75) is 31.9 Å². The molecule has 2 N–H and O–H groups in total. The van der Waals surface area contributed by atoms with E-state index in [-0.39, 0.29) is 18.2 Å². The van der Waals surface area contributed by atoms with Crippen LogP contribution in [-0.2, 0) is 9.59 Å². The maximum absolute atomic E-state index is 12.1. The van der Waals surface area contributed by atoms with Crippen LogP contribution in [0.1, 0.15) is 26.7 Å². The van der Waals surface area contributed by atoms with Crippen molar-refractivity contribution in [3.8, 4) is 0 Å². The first-order valence-corrected chi connectivity index (χ1v) is 8.78. The van der Waals surface area contributed by atoms with E-state index < -0.39 is 5.25 Å². The Morgan fingerprint density at radius 3 is 2.87 bits per heavy atom. The number of nitrogens with zero attached hydrogens (tertiary/aromatic N) is 1. The van der Waals surface area contributed by atoms with Gasteiger partial charge >= 0.3 is 0 Å². The molecule has 0 unspecified atom stereocenters. The molecule has 1 atom stereocenters. The Morgan fingerprint density at radius 1 is 1.43 bits per heavy atom. The third-order valence-electron chi connectivity index (χ3n) is 3.26. The third kappa shape index (κ3) is 5.55. The summed E-state index contributed by atoms with van der Waals surface area (Å²) in [6, 6.07) is 7.00. The molecule has 1 aliphatic rings. The summed E-state index contributed by atoms with van der Waals surface area (Å²) in [4.78, 5) is 28.4. The Balaban J connectivity index is 1.87. The predicted molar refractivity (Wildman–Crippen MR) is 96.0 cm³/mol. The number of nitrogens with one attached hydrogen (secondary N) is 2. The molecule has 0 spiro atoms. The van der Waals surface area contributed by atoms with Gasteiger partial charge in [0.05, 0.1) is 10.7 Å². The largest absolute Gasteiger partial charge is 0.325 e. The van der Waals surface area contributed by atoms with Gasteiger partial charge in [-0.05, 0) is 24.5 Å². The molecule has 0 aromatic heterocycles. The fraction of sp³-hybridized carbons (Fsp3) is 0.438. The number of halogens is 1. The van der Waals surface area contributed by atoms with Crippen LogP contribution >= 0.6 is 23.4 Å². The van der Waals surface area contributed by atoms with Gasteiger partial charge in [0.1, 0.15) is 5.25 Å². The molecule has 1 aliphatic heterocycles. The lowest BCUT2D eigenvalue weighted by atomic mass is 10.1. The van der Waals surface area contributed by atoms with Gasteiger partial charge in [-0.15, -0.1) is 0 Å². The van der Waals surface area contributed by atoms with Crippen LogP contribution in [-0.4, -0.2) is 28.8 Å². The van der Waals surface area contributed by atoms with Crippen LogP contribution in [0.4, 0.5) is 5.69 Å². The molecular weight excluding hydrogens is 334 g/mol. The maximum atomic E-state index is 12.1. The zero-order valence-corrected chi connectivity index (χ0v) is 14.7. The second-order valence-electron chi connectivity index (χ2n) is 5.70. The van der Waals surface area contributed by atoms with E-state index in [1.54, 1.807) is 24.3 Å². The van der Waals surface area contributed by atoms with Crippen molar-refractivity contribution >= 4 is 46.0 Å². The van der Waals surface area contributed by atoms with Gasteiger partial charge in [-0.2, -0.15) is 0 Å². The van der Waals surface area contributed by atoms with Crippen molar-refractivity contribution in [1.82, 2.24) is 5.32 Å². The quantitative estimate of drug-likeness (QED) is 0.824. The molecular formula is C16H20ClN3O2S. The molecule has 2 rings (SSSR count). The molecule has 1 fully saturated rings. The van der Waals surface area contributed by atoms with Crippen LogP contribution in [0.3, 0.4) is 0 Å². The van der Waals surface area contributed by atoms with E-state index >= 15 is 0 Å². The number of para-hydroxylation sites is 1. The van der Waals surface area contributed by atoms with Gasteiger partial charge < -0.3 is 10.6 Å². The monoisotopic (exact) mass is 353 g/mol. The minimum atomic E-state index is -0.449. The van der Waals surface area contributed by atoms with E-state index in [0.29, 0.717) is 28.3 Å². The van der Waals surface area contributed by atoms with Crippen LogP contribution < -0.4 is 10.6 Å². The number of hydrogen-bond donors (Lipinski definition) is 2. The zero-order valence-electron chi connectivity index (χ0n) is 13.1. The van der Waals surface area contributed by atoms with Gasteiger partial charge in [0, 0.05) is 13.0 Å². The minimum Gasteiger partial charge on any atom is -0.325 e. The van der Waals surface area contributed by atoms with Crippen molar-refractivity contribution in [1.29, 1.82) is 0 Å². The van der Waals surface area contributed by atoms with Crippen molar-refractivity contribution in [3.63, 3.8) is 0 Å². The number of benzene rings is 1. The van der Waals surface area contributed by atoms with Gasteiger partial charge in [-0.25, -0.2) is 0 Å². The van der Waals surface area contributed by atoms with Crippen molar-refractivity contribution in [2.24, 2.45) is 10.9 Å². The Morgan fingerprint density at radius 2 is 2.17 bits per heavy atom. The van der Waals surface area contributed by atoms with Crippen LogP contribution in [0.15, 0.2) is 29.3 Å². The molecule has 0 aliphatic carbocycles. The first-order chi connectivity index (χ1) is 11.0. The van der Waals surface area contributed by atoms with Crippen molar-refractivity contribution < 1.29 is 9.59 Å². The summed E-state index contributed by atoms with van der Waals surface area (Å²) in [5.41, 5.74) is 0.549. The third-order valence-corrected chi connectivity index (χ3v) is 4.71. The molecule has 1 saturated heterocycles. The fourth-order valence-electron chi connectivity index (χ4n) is 1.97. The molecule has 124 valence electrons. The summed E-state index contributed by atoms with van der Waals surface area (Å²) in [5.74, 6) is 0.153. The van der Waals surface area contributed by atoms with E-state index in [9.17, 15) is 9.59 Å². The first kappa shape index (κ1) is 17.8. The van der Waals surface area contributed by atoms with Gasteiger partial charge in [-0.1, -0.05) is 49.3 Å². The summed E-state index contributed by atoms with van der Waals surface area (Å²) in [6.45, 7) is 4.93. The molecule has 1 heterocycles. The highest BCUT2D eigenvalue weighted by atomic mass is 35.5. The van der Waals surface area contributed by atoms with E-state index in [4.69, 9.17) is 11.6 Å². The highest BCUT2D eigenvalue weighted by Gasteiger charge is 2.32. The van der Waals surface area contributed by atoms with E-state index in [1.165, 1.54) is 11.8 Å². The number of carbonyl (C=O) groups is 2. The fourth-order valence-corrected chi connectivity index (χ4v) is 3.15. The lowest BCUT2D eigenvalue weighted by Gasteiger charge is -2.08. The lowest BCUT2D eigenvalue weighted by molar-refractivity contribution is -0.122. The number of anilines is 1. The Kier molecular flexibility index (Phi) is 6.47. The number of rotatable bonds is 6. The van der Waals surface area contributed by atoms with Gasteiger partial charge in [-0.3, -0.25) is 14.6 Å². The molecule has 2 amide bonds. The molecule has 1 aromatic rings. The smallest absolute Gasteiger partial charge is 0.240 e. The molecule has 1 aromatic carbocycles. The number of aliphatic imine (C=N–C) groups is 1. The summed E-state index contributed by atoms with van der Waals surface area (Å²) >= 11 is 7.31. The Hall–Kier alpha value is -1.53. The number of carbonyl (C=O) groups excluding carboxylic acids is 2. The average molecular weight is 354 g/mol. The molecule has 5 nitrogen and oxygen atoms in total. The molecule has 0 radical (unpaired) electrons. The topological polar surface area (TPSA) is 70.6 Å². The molecule has 23 heavy (non-hydrogen) atoms. The van der Waals surface area contributed by atoms with Crippen LogP contribution in [0.25, 0.3) is 0 Å². The van der Waals surface area contributed by atoms with Crippen LogP contribution in [0.5, 0.6) is 0 Å². The zero-order chi connectivity index (χ0) is 16.8. The van der Waals surface area contributed by atoms with Crippen molar-refractivity contribution in [3.05, 3.63) is 29.3 Å². The van der Waals surface area contributed by atoms with Crippen molar-refractivity contribution in [2.75, 3.05) is 11.9 Å². The Labute approximate surface area is 145 Å². The van der Waals surface area contributed by atoms with Crippen LogP contribution in [0.2, 0.25) is 5.02 Å². The molecule has 0 saturated carbocycles. The number of amidine groups is 1. The van der Waals surface area contributed by atoms with Gasteiger partial charge in [0.2, 0.25) is 11.8 Å². The van der Waals surface area contributed by atoms with Crippen LogP contribution in [0, 0.1) is 5.92 Å². The summed E-state index contributed by atoms with van der Waals surface area (Å²) in [7, 11) is 0. The molecule has 0 bridgehead atoms. The van der Waals surface area contributed by atoms with E-state index in [2.05, 4.69) is 29.5 Å². The second-order valence-corrected chi connectivity index (χ2v) is 7.30. The normalized spacial score (nSPS) is 19.2. The summed E-state index contributed by atoms with van der Waals surface area (Å²) in [6.07, 6.45) is 1.06. The maximum Gasteiger partial charge on any atom is 0.240 e. The SMILES string of the molecule is CC(C)CCN=C1NC(=O)[C@@H](CC(=O)Nc2ccccc2Cl)S1. The van der Waals surface area contributed by atoms with Gasteiger partial charge in [0.15, 0.2) is 5.17 Å². The predicted octanol–water partition coefficient (Wildman–Crippen LogP) is 3.30. The van der Waals surface area contributed by atoms with E-state index in [0.717, 1.165) is 6.42 Å². The minimum absolute atomic E-state index is 0.0882. The lowest BCUT2D eigenvalue weighted by Crippen LogP contribution is -2.28. The number of amides is 2. The standard InChI is InChI=1S/C16H20ClN3O2S/c1-10(2)7-8-18-16-20-15(22)13(23-16)9-14(21)19-12-6-4-3-5-11(12)17/h3-6,10,13H,7-9H2,1-2H3,(H,19,21)(H,18,20,22)/t13-/m1/s1. The number of thioether (sulfide) groups is 1. The van der Waals surface area contributed by atoms with E-state index in [1.807, 2.05) is 0 Å². The number of hydrogen-bond acceptors (Lipinski definition) is 4. The second kappa shape index (κ2) is 8.36. The first-order valence-electron chi connectivity index (χ1n) is 7.52. The Bertz CT molecular complexity index is 619.